The zero-order chi connectivity index (χ0) is 24.3. The molecule has 2 aliphatic rings. The number of hydrogen-bond acceptors (Lipinski definition) is 5. The van der Waals surface area contributed by atoms with Crippen molar-refractivity contribution in [3.05, 3.63) is 60.0 Å². The molecule has 0 radical (unpaired) electrons. The van der Waals surface area contributed by atoms with Gasteiger partial charge in [0.05, 0.1) is 11.3 Å². The third-order valence-corrected chi connectivity index (χ3v) is 7.20. The molecule has 1 aliphatic carbocycles. The molecular formula is C26H30N6O3. The minimum Gasteiger partial charge on any atom is -0.356 e. The number of rotatable bonds is 7. The van der Waals surface area contributed by atoms with Crippen LogP contribution in [0.2, 0.25) is 0 Å². The third kappa shape index (κ3) is 5.03. The van der Waals surface area contributed by atoms with Gasteiger partial charge in [0.1, 0.15) is 11.9 Å². The van der Waals surface area contributed by atoms with Crippen molar-refractivity contribution in [2.45, 2.75) is 57.4 Å². The average molecular weight is 475 g/mol. The molecule has 1 fully saturated rings. The number of hydrogen-bond donors (Lipinski definition) is 3. The number of carbonyl (C=O) groups excluding carboxylic acids is 3. The smallest absolute Gasteiger partial charge is 0.254 e. The lowest BCUT2D eigenvalue weighted by atomic mass is 9.71. The molecular weight excluding hydrogens is 444 g/mol. The Bertz CT molecular complexity index is 1250. The number of amides is 3. The molecule has 0 bridgehead atoms. The van der Waals surface area contributed by atoms with Crippen molar-refractivity contribution in [3.63, 3.8) is 0 Å². The second kappa shape index (κ2) is 9.85. The number of carbonyl (C=O) groups is 3. The molecule has 3 N–H and O–H groups in total. The van der Waals surface area contributed by atoms with Crippen molar-refractivity contribution in [2.75, 3.05) is 11.9 Å². The lowest BCUT2D eigenvalue weighted by Gasteiger charge is -2.37. The first kappa shape index (κ1) is 23.0. The van der Waals surface area contributed by atoms with Crippen molar-refractivity contribution in [3.8, 4) is 0 Å². The Morgan fingerprint density at radius 2 is 1.86 bits per heavy atom. The molecule has 0 spiro atoms. The van der Waals surface area contributed by atoms with Gasteiger partial charge in [0.25, 0.3) is 5.91 Å². The van der Waals surface area contributed by atoms with Gasteiger partial charge >= 0.3 is 0 Å². The van der Waals surface area contributed by atoms with E-state index in [4.69, 9.17) is 0 Å². The largest absolute Gasteiger partial charge is 0.356 e. The number of fused-ring (bicyclic) bond motifs is 2. The summed E-state index contributed by atoms with van der Waals surface area (Å²) >= 11 is 0. The number of pyridine rings is 1. The second-order valence-corrected chi connectivity index (χ2v) is 9.66. The first-order valence-corrected chi connectivity index (χ1v) is 12.3. The van der Waals surface area contributed by atoms with E-state index in [1.807, 2.05) is 28.8 Å². The summed E-state index contributed by atoms with van der Waals surface area (Å²) in [4.78, 5) is 37.9. The third-order valence-electron chi connectivity index (χ3n) is 7.20. The van der Waals surface area contributed by atoms with Crippen LogP contribution in [0.1, 0.15) is 61.1 Å². The van der Waals surface area contributed by atoms with Crippen LogP contribution in [0.15, 0.2) is 48.7 Å². The number of benzene rings is 1. The van der Waals surface area contributed by atoms with Gasteiger partial charge in [-0.25, -0.2) is 0 Å². The molecule has 1 unspecified atom stereocenters. The van der Waals surface area contributed by atoms with E-state index in [2.05, 4.69) is 26.1 Å². The van der Waals surface area contributed by atoms with E-state index in [-0.39, 0.29) is 36.0 Å². The van der Waals surface area contributed by atoms with E-state index >= 15 is 0 Å². The monoisotopic (exact) mass is 474 g/mol. The maximum atomic E-state index is 12.8. The predicted molar refractivity (Wildman–Crippen MR) is 131 cm³/mol. The van der Waals surface area contributed by atoms with Crippen LogP contribution >= 0.6 is 0 Å². The van der Waals surface area contributed by atoms with Crippen LogP contribution in [0.5, 0.6) is 0 Å². The van der Waals surface area contributed by atoms with Crippen molar-refractivity contribution in [1.29, 1.82) is 0 Å². The highest BCUT2D eigenvalue weighted by Gasteiger charge is 2.34. The molecule has 3 heterocycles. The van der Waals surface area contributed by atoms with Crippen molar-refractivity contribution < 1.29 is 14.4 Å². The van der Waals surface area contributed by atoms with Gasteiger partial charge in [-0.05, 0) is 48.9 Å². The summed E-state index contributed by atoms with van der Waals surface area (Å²) in [6, 6.07) is 12.0. The Hall–Kier alpha value is -3.75. The molecule has 2 aromatic heterocycles. The lowest BCUT2D eigenvalue weighted by molar-refractivity contribution is -0.122. The molecule has 0 saturated heterocycles. The van der Waals surface area contributed by atoms with Gasteiger partial charge < -0.3 is 16.0 Å². The van der Waals surface area contributed by atoms with Crippen LogP contribution in [0.4, 0.5) is 5.69 Å². The van der Waals surface area contributed by atoms with Gasteiger partial charge in [0.2, 0.25) is 11.8 Å². The molecule has 1 aromatic carbocycles. The molecule has 1 atom stereocenters. The maximum absolute atomic E-state index is 12.8. The van der Waals surface area contributed by atoms with E-state index < -0.39 is 6.04 Å². The quantitative estimate of drug-likeness (QED) is 0.487. The van der Waals surface area contributed by atoms with Crippen molar-refractivity contribution in [1.82, 2.24) is 25.2 Å². The Kier molecular flexibility index (Phi) is 6.48. The van der Waals surface area contributed by atoms with Gasteiger partial charge in [0.15, 0.2) is 5.65 Å². The number of para-hydroxylation sites is 1. The van der Waals surface area contributed by atoms with Gasteiger partial charge in [-0.1, -0.05) is 37.5 Å². The van der Waals surface area contributed by atoms with E-state index in [9.17, 15) is 14.4 Å². The van der Waals surface area contributed by atoms with E-state index in [1.54, 1.807) is 24.3 Å². The summed E-state index contributed by atoms with van der Waals surface area (Å²) in [6.07, 6.45) is 8.61. The summed E-state index contributed by atoms with van der Waals surface area (Å²) in [5, 5.41) is 17.3. The van der Waals surface area contributed by atoms with Crippen molar-refractivity contribution in [2.24, 2.45) is 5.41 Å². The van der Waals surface area contributed by atoms with E-state index in [0.717, 1.165) is 43.6 Å². The summed E-state index contributed by atoms with van der Waals surface area (Å²) in [5.41, 5.74) is 1.67. The number of aromatic nitrogens is 3. The second-order valence-electron chi connectivity index (χ2n) is 9.66. The van der Waals surface area contributed by atoms with Crippen LogP contribution in [0.3, 0.4) is 0 Å². The predicted octanol–water partition coefficient (Wildman–Crippen LogP) is 2.87. The highest BCUT2D eigenvalue weighted by molar-refractivity contribution is 6.09. The fraction of sp³-hybridized carbons (Fsp3) is 0.423. The fourth-order valence-electron chi connectivity index (χ4n) is 5.23. The van der Waals surface area contributed by atoms with Gasteiger partial charge in [0, 0.05) is 25.6 Å². The SMILES string of the molecule is O=C(CCC1NC(=O)c2ccccc2NC1=O)NCC1(Cc2nnc3ccccn23)CCCCC1. The minimum atomic E-state index is -0.758. The number of anilines is 1. The molecule has 3 amide bonds. The summed E-state index contributed by atoms with van der Waals surface area (Å²) < 4.78 is 2.02. The van der Waals surface area contributed by atoms with Crippen LogP contribution in [0.25, 0.3) is 5.65 Å². The van der Waals surface area contributed by atoms with Crippen molar-refractivity contribution >= 4 is 29.1 Å². The van der Waals surface area contributed by atoms with E-state index in [0.29, 0.717) is 17.8 Å². The highest BCUT2D eigenvalue weighted by Crippen LogP contribution is 2.38. The Morgan fingerprint density at radius 1 is 1.06 bits per heavy atom. The first-order chi connectivity index (χ1) is 17.0. The zero-order valence-corrected chi connectivity index (χ0v) is 19.6. The molecule has 182 valence electrons. The maximum Gasteiger partial charge on any atom is 0.254 e. The van der Waals surface area contributed by atoms with Gasteiger partial charge in [-0.2, -0.15) is 0 Å². The molecule has 9 nitrogen and oxygen atoms in total. The molecule has 1 aliphatic heterocycles. The summed E-state index contributed by atoms with van der Waals surface area (Å²) in [7, 11) is 0. The van der Waals surface area contributed by atoms with E-state index in [1.165, 1.54) is 6.42 Å². The summed E-state index contributed by atoms with van der Waals surface area (Å²) in [5.74, 6) is 0.170. The Labute approximate surface area is 203 Å². The molecule has 9 heteroatoms. The minimum absolute atomic E-state index is 0.0672. The topological polar surface area (TPSA) is 117 Å². The average Bonchev–Trinajstić information content (AvgIpc) is 3.23. The fourth-order valence-corrected chi connectivity index (χ4v) is 5.23. The Morgan fingerprint density at radius 3 is 2.71 bits per heavy atom. The number of nitrogens with zero attached hydrogens (tertiary/aromatic N) is 3. The van der Waals surface area contributed by atoms with Crippen LogP contribution in [-0.2, 0) is 16.0 Å². The van der Waals surface area contributed by atoms with Crippen LogP contribution < -0.4 is 16.0 Å². The van der Waals surface area contributed by atoms with Gasteiger partial charge in [-0.15, -0.1) is 10.2 Å². The van der Waals surface area contributed by atoms with Gasteiger partial charge in [-0.3, -0.25) is 18.8 Å². The van der Waals surface area contributed by atoms with Crippen LogP contribution in [-0.4, -0.2) is 44.9 Å². The first-order valence-electron chi connectivity index (χ1n) is 12.3. The molecule has 3 aromatic rings. The zero-order valence-electron chi connectivity index (χ0n) is 19.6. The lowest BCUT2D eigenvalue weighted by Crippen LogP contribution is -2.43. The highest BCUT2D eigenvalue weighted by atomic mass is 16.2. The van der Waals surface area contributed by atoms with Crippen LogP contribution in [0, 0.1) is 5.41 Å². The summed E-state index contributed by atoms with van der Waals surface area (Å²) in [6.45, 7) is 0.558. The standard InChI is InChI=1S/C26H30N6O3/c33-23(12-11-20-25(35)28-19-9-3-2-8-18(19)24(34)29-20)27-17-26(13-5-1-6-14-26)16-22-31-30-21-10-4-7-15-32(21)22/h2-4,7-10,15,20H,1,5-6,11-14,16-17H2,(H,27,33)(H,28,35)(H,29,34). The Balaban J connectivity index is 1.20. The number of nitrogens with one attached hydrogen (secondary N) is 3. The molecule has 5 rings (SSSR count). The normalized spacial score (nSPS) is 19.4. The molecule has 35 heavy (non-hydrogen) atoms. The molecule has 1 saturated carbocycles.